The van der Waals surface area contributed by atoms with E-state index in [1.807, 2.05) is 24.3 Å². The number of fused-ring (bicyclic) bond motifs is 3. The van der Waals surface area contributed by atoms with Gasteiger partial charge in [0.1, 0.15) is 11.6 Å². The van der Waals surface area contributed by atoms with Gasteiger partial charge in [-0.3, -0.25) is 4.79 Å². The number of aromatic nitrogens is 2. The molecule has 30 heavy (non-hydrogen) atoms. The molecule has 2 heterocycles. The molecular formula is C26H30N2O2. The minimum atomic E-state index is -0.183. The van der Waals surface area contributed by atoms with Crippen molar-refractivity contribution >= 4 is 22.6 Å². The molecule has 0 atom stereocenters. The van der Waals surface area contributed by atoms with Gasteiger partial charge in [-0.1, -0.05) is 53.7 Å². The van der Waals surface area contributed by atoms with Crippen LogP contribution in [0.4, 0.5) is 0 Å². The Morgan fingerprint density at radius 2 is 1.60 bits per heavy atom. The number of benzene rings is 2. The highest BCUT2D eigenvalue weighted by atomic mass is 16.3. The van der Waals surface area contributed by atoms with Crippen LogP contribution in [0.15, 0.2) is 41.2 Å². The van der Waals surface area contributed by atoms with E-state index in [2.05, 4.69) is 69.3 Å². The third-order valence-electron chi connectivity index (χ3n) is 5.87. The van der Waals surface area contributed by atoms with E-state index in [-0.39, 0.29) is 16.4 Å². The predicted octanol–water partition coefficient (Wildman–Crippen LogP) is 5.64. The monoisotopic (exact) mass is 402 g/mol. The lowest BCUT2D eigenvalue weighted by molar-refractivity contribution is 0.423. The number of phenolic OH excluding ortho intramolecular Hbond substituents is 1. The largest absolute Gasteiger partial charge is 0.507 e. The Morgan fingerprint density at radius 1 is 1.00 bits per heavy atom. The molecule has 1 aromatic heterocycles. The minimum Gasteiger partial charge on any atom is -0.507 e. The van der Waals surface area contributed by atoms with Crippen LogP contribution < -0.4 is 5.56 Å². The van der Waals surface area contributed by atoms with Gasteiger partial charge in [-0.05, 0) is 58.7 Å². The summed E-state index contributed by atoms with van der Waals surface area (Å²) in [5.41, 5.74) is 4.35. The van der Waals surface area contributed by atoms with E-state index >= 15 is 0 Å². The maximum atomic E-state index is 12.6. The van der Waals surface area contributed by atoms with Gasteiger partial charge in [0.2, 0.25) is 0 Å². The van der Waals surface area contributed by atoms with Crippen molar-refractivity contribution in [2.75, 3.05) is 0 Å². The normalized spacial score (nSPS) is 15.7. The number of aryl methyl sites for hydroxylation is 1. The van der Waals surface area contributed by atoms with Crippen LogP contribution in [-0.4, -0.2) is 14.7 Å². The van der Waals surface area contributed by atoms with Crippen molar-refractivity contribution in [3.63, 3.8) is 0 Å². The molecule has 0 radical (unpaired) electrons. The number of aromatic hydroxyl groups is 1. The second-order valence-electron chi connectivity index (χ2n) is 10.3. The number of hydrogen-bond donors (Lipinski definition) is 1. The summed E-state index contributed by atoms with van der Waals surface area (Å²) in [6, 6.07) is 11.8. The third kappa shape index (κ3) is 3.45. The van der Waals surface area contributed by atoms with E-state index in [9.17, 15) is 9.90 Å². The van der Waals surface area contributed by atoms with E-state index in [4.69, 9.17) is 0 Å². The zero-order valence-corrected chi connectivity index (χ0v) is 18.7. The molecule has 0 fully saturated rings. The van der Waals surface area contributed by atoms with E-state index < -0.39 is 0 Å². The lowest BCUT2D eigenvalue weighted by atomic mass is 9.78. The van der Waals surface area contributed by atoms with Crippen LogP contribution in [0, 0.1) is 0 Å². The van der Waals surface area contributed by atoms with Gasteiger partial charge in [0, 0.05) is 17.7 Å². The van der Waals surface area contributed by atoms with Crippen molar-refractivity contribution in [2.24, 2.45) is 0 Å². The number of para-hydroxylation sites is 1. The summed E-state index contributed by atoms with van der Waals surface area (Å²) in [7, 11) is 0. The Balaban J connectivity index is 1.92. The average molecular weight is 403 g/mol. The summed E-state index contributed by atoms with van der Waals surface area (Å²) in [6.07, 6.45) is 2.96. The molecule has 3 aromatic rings. The molecule has 0 amide bonds. The summed E-state index contributed by atoms with van der Waals surface area (Å²) >= 11 is 0. The van der Waals surface area contributed by atoms with Gasteiger partial charge in [-0.2, -0.15) is 4.98 Å². The highest BCUT2D eigenvalue weighted by Crippen LogP contribution is 2.41. The molecule has 0 spiro atoms. The fraction of sp³-hybridized carbons (Fsp3) is 0.385. The second-order valence-corrected chi connectivity index (χ2v) is 10.3. The number of allylic oxidation sites excluding steroid dienone is 1. The third-order valence-corrected chi connectivity index (χ3v) is 5.87. The first-order chi connectivity index (χ1) is 14.0. The van der Waals surface area contributed by atoms with Gasteiger partial charge in [0.15, 0.2) is 0 Å². The number of phenols is 1. The van der Waals surface area contributed by atoms with Crippen LogP contribution in [0.1, 0.15) is 70.5 Å². The molecule has 156 valence electrons. The van der Waals surface area contributed by atoms with Gasteiger partial charge in [-0.25, -0.2) is 0 Å². The van der Waals surface area contributed by atoms with Gasteiger partial charge in [-0.15, -0.1) is 0 Å². The fourth-order valence-corrected chi connectivity index (χ4v) is 4.26. The molecule has 1 N–H and O–H groups in total. The molecule has 0 bridgehead atoms. The Labute approximate surface area is 177 Å². The lowest BCUT2D eigenvalue weighted by Crippen LogP contribution is -2.17. The topological polar surface area (TPSA) is 55.1 Å². The van der Waals surface area contributed by atoms with Crippen molar-refractivity contribution in [3.8, 4) is 5.75 Å². The fourth-order valence-electron chi connectivity index (χ4n) is 4.26. The molecule has 2 aromatic carbocycles. The summed E-state index contributed by atoms with van der Waals surface area (Å²) in [5, 5.41) is 11.6. The maximum Gasteiger partial charge on any atom is 0.281 e. The average Bonchev–Trinajstić information content (AvgIpc) is 3.04. The molecule has 0 saturated carbocycles. The second kappa shape index (κ2) is 6.83. The summed E-state index contributed by atoms with van der Waals surface area (Å²) in [4.78, 5) is 17.0. The quantitative estimate of drug-likeness (QED) is 0.573. The molecular weight excluding hydrogens is 372 g/mol. The summed E-state index contributed by atoms with van der Waals surface area (Å²) in [6.45, 7) is 13.5. The number of rotatable bonds is 1. The standard InChI is InChI=1S/C26H30N2O2/c1-25(2,3)19-14-16(15-20(22(19)29)26(4,5)6)13-17-11-12-28-21-10-8-7-9-18(21)24(30)27-23(17)28/h7-10,13-15,29H,11-12H2,1-6H3. The SMILES string of the molecule is CC(C)(C)c1cc(C=C2CCn3c2nc(=O)c2ccccc23)cc(C(C)(C)C)c1O. The number of nitrogens with zero attached hydrogens (tertiary/aromatic N) is 2. The van der Waals surface area contributed by atoms with Crippen LogP contribution in [0.5, 0.6) is 5.75 Å². The maximum absolute atomic E-state index is 12.6. The van der Waals surface area contributed by atoms with Gasteiger partial charge < -0.3 is 9.67 Å². The summed E-state index contributed by atoms with van der Waals surface area (Å²) in [5.74, 6) is 1.13. The molecule has 1 aliphatic rings. The van der Waals surface area contributed by atoms with E-state index in [0.29, 0.717) is 11.1 Å². The Bertz CT molecular complexity index is 1200. The van der Waals surface area contributed by atoms with Crippen LogP contribution in [-0.2, 0) is 17.4 Å². The summed E-state index contributed by atoms with van der Waals surface area (Å²) < 4.78 is 2.14. The highest BCUT2D eigenvalue weighted by Gasteiger charge is 2.27. The minimum absolute atomic E-state index is 0.180. The first kappa shape index (κ1) is 20.4. The molecule has 0 saturated heterocycles. The first-order valence-electron chi connectivity index (χ1n) is 10.6. The highest BCUT2D eigenvalue weighted by molar-refractivity contribution is 5.86. The van der Waals surface area contributed by atoms with Crippen molar-refractivity contribution in [1.29, 1.82) is 0 Å². The predicted molar refractivity (Wildman–Crippen MR) is 124 cm³/mol. The Morgan fingerprint density at radius 3 is 2.20 bits per heavy atom. The smallest absolute Gasteiger partial charge is 0.281 e. The Kier molecular flexibility index (Phi) is 4.64. The molecule has 4 rings (SSSR count). The van der Waals surface area contributed by atoms with Crippen molar-refractivity contribution in [1.82, 2.24) is 9.55 Å². The van der Waals surface area contributed by atoms with Crippen molar-refractivity contribution in [2.45, 2.75) is 65.3 Å². The van der Waals surface area contributed by atoms with E-state index in [0.717, 1.165) is 46.6 Å². The zero-order valence-electron chi connectivity index (χ0n) is 18.7. The number of hydrogen-bond acceptors (Lipinski definition) is 3. The van der Waals surface area contributed by atoms with Crippen LogP contribution >= 0.6 is 0 Å². The van der Waals surface area contributed by atoms with E-state index in [1.54, 1.807) is 0 Å². The van der Waals surface area contributed by atoms with Crippen LogP contribution in [0.2, 0.25) is 0 Å². The van der Waals surface area contributed by atoms with Crippen molar-refractivity contribution in [3.05, 3.63) is 69.3 Å². The molecule has 0 unspecified atom stereocenters. The van der Waals surface area contributed by atoms with E-state index in [1.165, 1.54) is 0 Å². The lowest BCUT2D eigenvalue weighted by Gasteiger charge is -2.28. The molecule has 4 nitrogen and oxygen atoms in total. The van der Waals surface area contributed by atoms with Crippen molar-refractivity contribution < 1.29 is 5.11 Å². The molecule has 0 aliphatic carbocycles. The molecule has 1 aliphatic heterocycles. The Hall–Kier alpha value is -2.88. The van der Waals surface area contributed by atoms with Gasteiger partial charge in [0.25, 0.3) is 5.56 Å². The van der Waals surface area contributed by atoms with Crippen LogP contribution in [0.25, 0.3) is 22.6 Å². The first-order valence-corrected chi connectivity index (χ1v) is 10.6. The van der Waals surface area contributed by atoms with Gasteiger partial charge in [0.05, 0.1) is 10.9 Å². The van der Waals surface area contributed by atoms with Gasteiger partial charge >= 0.3 is 0 Å². The zero-order chi connectivity index (χ0) is 21.8. The molecule has 4 heteroatoms. The van der Waals surface area contributed by atoms with Crippen LogP contribution in [0.3, 0.4) is 0 Å².